The first-order valence-corrected chi connectivity index (χ1v) is 13.7. The second kappa shape index (κ2) is 12.1. The predicted molar refractivity (Wildman–Crippen MR) is 151 cm³/mol. The molecule has 8 nitrogen and oxygen atoms in total. The third-order valence-corrected chi connectivity index (χ3v) is 8.11. The minimum atomic E-state index is -2.96. The molecule has 1 unspecified atom stereocenters. The van der Waals surface area contributed by atoms with Gasteiger partial charge in [-0.2, -0.15) is 8.78 Å². The minimum absolute atomic E-state index is 0.0121. The molecule has 2 amide bonds. The van der Waals surface area contributed by atoms with Crippen molar-refractivity contribution in [2.24, 2.45) is 5.73 Å². The van der Waals surface area contributed by atoms with E-state index >= 15 is 0 Å². The fourth-order valence-corrected chi connectivity index (χ4v) is 5.88. The summed E-state index contributed by atoms with van der Waals surface area (Å²) in [5, 5.41) is 15.0. The lowest BCUT2D eigenvalue weighted by Crippen LogP contribution is -2.48. The number of fused-ring (bicyclic) bond motifs is 3. The maximum absolute atomic E-state index is 14.1. The highest BCUT2D eigenvalue weighted by molar-refractivity contribution is 7.10. The van der Waals surface area contributed by atoms with Gasteiger partial charge in [0.2, 0.25) is 11.8 Å². The summed E-state index contributed by atoms with van der Waals surface area (Å²) in [4.78, 5) is 37.8. The van der Waals surface area contributed by atoms with Crippen LogP contribution in [0.25, 0.3) is 11.1 Å². The molecule has 1 saturated heterocycles. The molecule has 0 radical (unpaired) electrons. The number of amides is 2. The van der Waals surface area contributed by atoms with E-state index in [2.05, 4.69) is 10.6 Å². The highest BCUT2D eigenvalue weighted by Crippen LogP contribution is 2.50. The summed E-state index contributed by atoms with van der Waals surface area (Å²) in [6.07, 6.45) is 2.20. The molecule has 2 heterocycles. The van der Waals surface area contributed by atoms with Crippen molar-refractivity contribution >= 4 is 35.3 Å². The number of likely N-dealkylation sites (tertiary alicyclic amines) is 1. The van der Waals surface area contributed by atoms with E-state index in [1.54, 1.807) is 35.5 Å². The Kier molecular flexibility index (Phi) is 8.75. The number of hydrogen-bond donors (Lipinski definition) is 4. The number of alkyl halides is 2. The Bertz CT molecular complexity index is 1440. The van der Waals surface area contributed by atoms with Gasteiger partial charge >= 0.3 is 0 Å². The largest absolute Gasteiger partial charge is 0.384 e. The van der Waals surface area contributed by atoms with E-state index in [9.17, 15) is 23.2 Å². The van der Waals surface area contributed by atoms with Crippen molar-refractivity contribution in [3.05, 3.63) is 81.0 Å². The Balaban J connectivity index is 0.000000192. The van der Waals surface area contributed by atoms with E-state index < -0.39 is 12.0 Å². The topological polar surface area (TPSA) is 128 Å². The van der Waals surface area contributed by atoms with Gasteiger partial charge in [-0.25, -0.2) is 0 Å². The summed E-state index contributed by atoms with van der Waals surface area (Å²) in [6.45, 7) is 2.76. The van der Waals surface area contributed by atoms with Crippen molar-refractivity contribution < 1.29 is 23.2 Å². The van der Waals surface area contributed by atoms with E-state index in [4.69, 9.17) is 11.1 Å². The molecule has 1 aliphatic carbocycles. The lowest BCUT2D eigenvalue weighted by Gasteiger charge is -2.25. The molecule has 1 aromatic heterocycles. The highest BCUT2D eigenvalue weighted by Gasteiger charge is 2.44. The average Bonchev–Trinajstić information content (AvgIpc) is 3.68. The summed E-state index contributed by atoms with van der Waals surface area (Å²) in [7, 11) is 1.72. The van der Waals surface area contributed by atoms with E-state index in [1.165, 1.54) is 35.6 Å². The highest BCUT2D eigenvalue weighted by atomic mass is 32.1. The maximum Gasteiger partial charge on any atom is 0.299 e. The first-order chi connectivity index (χ1) is 19.1. The summed E-state index contributed by atoms with van der Waals surface area (Å²) in [5.74, 6) is -3.12. The van der Waals surface area contributed by atoms with Crippen molar-refractivity contribution in [2.45, 2.75) is 37.8 Å². The van der Waals surface area contributed by atoms with E-state index in [0.29, 0.717) is 41.5 Å². The molecule has 1 fully saturated rings. The first kappa shape index (κ1) is 29.0. The van der Waals surface area contributed by atoms with Gasteiger partial charge in [-0.3, -0.25) is 19.8 Å². The molecule has 210 valence electrons. The van der Waals surface area contributed by atoms with Gasteiger partial charge < -0.3 is 21.3 Å². The molecule has 3 aromatic rings. The number of nitrogens with two attached hydrogens (primary N) is 1. The van der Waals surface area contributed by atoms with E-state index in [1.807, 2.05) is 13.0 Å². The van der Waals surface area contributed by atoms with Gasteiger partial charge in [0.1, 0.15) is 18.2 Å². The number of nitrogens with one attached hydrogen (secondary N) is 3. The third-order valence-electron chi connectivity index (χ3n) is 6.99. The maximum atomic E-state index is 14.1. The molecular weight excluding hydrogens is 536 g/mol. The number of hydrogen-bond acceptors (Lipinski definition) is 6. The summed E-state index contributed by atoms with van der Waals surface area (Å²) in [5.41, 5.74) is 7.49. The van der Waals surface area contributed by atoms with Gasteiger partial charge in [0.15, 0.2) is 0 Å². The van der Waals surface area contributed by atoms with Crippen LogP contribution in [0.15, 0.2) is 53.9 Å². The SMILES string of the molecule is CNCC(=O)N1CCCC1C(=O)N[C@H](C)c1cc(C(=N)N)cs1.O=Cc1ccc2c(c1)-c1ccccc1C2(F)F. The first-order valence-electron chi connectivity index (χ1n) is 12.8. The van der Waals surface area contributed by atoms with E-state index in [-0.39, 0.29) is 41.4 Å². The molecule has 2 aromatic carbocycles. The van der Waals surface area contributed by atoms with Crippen LogP contribution in [-0.2, 0) is 15.5 Å². The van der Waals surface area contributed by atoms with Crippen LogP contribution in [0.3, 0.4) is 0 Å². The Morgan fingerprint density at radius 1 is 1.20 bits per heavy atom. The molecule has 2 atom stereocenters. The number of nitrogens with zero attached hydrogens (tertiary/aromatic N) is 1. The fraction of sp³-hybridized carbons (Fsp3) is 0.310. The summed E-state index contributed by atoms with van der Waals surface area (Å²) < 4.78 is 28.2. The number of carbonyl (C=O) groups is 3. The standard InChI is InChI=1S/C15H23N5O2S.C14H8F2O/c1-9(12-6-10(8-23-12)14(16)17)19-15(22)11-4-3-5-20(11)13(21)7-18-2;15-14(16)12-4-2-1-3-10(12)11-7-9(8-17)5-6-13(11)14/h6,8-9,11,18H,3-5,7H2,1-2H3,(H3,16,17)(H,19,22);1-8H/t9-,11?;/m1./s1. The third kappa shape index (κ3) is 5.80. The van der Waals surface area contributed by atoms with Gasteiger partial charge in [0.25, 0.3) is 5.92 Å². The number of halogens is 2. The number of aldehydes is 1. The van der Waals surface area contributed by atoms with Gasteiger partial charge in [0.05, 0.1) is 12.6 Å². The van der Waals surface area contributed by atoms with Gasteiger partial charge in [0, 0.05) is 39.1 Å². The van der Waals surface area contributed by atoms with E-state index in [0.717, 1.165) is 11.3 Å². The number of amidine groups is 1. The second-order valence-electron chi connectivity index (χ2n) is 9.70. The van der Waals surface area contributed by atoms with Crippen LogP contribution in [0.2, 0.25) is 0 Å². The van der Waals surface area contributed by atoms with Gasteiger partial charge in [-0.1, -0.05) is 36.4 Å². The van der Waals surface area contributed by atoms with Crippen LogP contribution < -0.4 is 16.4 Å². The van der Waals surface area contributed by atoms with Crippen molar-refractivity contribution in [3.63, 3.8) is 0 Å². The normalized spacial score (nSPS) is 17.2. The van der Waals surface area contributed by atoms with Crippen molar-refractivity contribution in [3.8, 4) is 11.1 Å². The van der Waals surface area contributed by atoms with Gasteiger partial charge in [-0.15, -0.1) is 11.3 Å². The molecule has 0 spiro atoms. The van der Waals surface area contributed by atoms with Crippen LogP contribution in [0.1, 0.15) is 57.7 Å². The minimum Gasteiger partial charge on any atom is -0.384 e. The zero-order valence-corrected chi connectivity index (χ0v) is 23.0. The number of likely N-dealkylation sites (N-methyl/N-ethyl adjacent to an activating group) is 1. The summed E-state index contributed by atoms with van der Waals surface area (Å²) in [6, 6.07) is 11.9. The number of carbonyl (C=O) groups excluding carboxylic acids is 3. The van der Waals surface area contributed by atoms with Crippen LogP contribution >= 0.6 is 11.3 Å². The van der Waals surface area contributed by atoms with Crippen molar-refractivity contribution in [1.82, 2.24) is 15.5 Å². The molecule has 0 saturated carbocycles. The second-order valence-corrected chi connectivity index (χ2v) is 10.6. The van der Waals surface area contributed by atoms with Crippen LogP contribution in [0.5, 0.6) is 0 Å². The van der Waals surface area contributed by atoms with Gasteiger partial charge in [-0.05, 0) is 50.1 Å². The summed E-state index contributed by atoms with van der Waals surface area (Å²) >= 11 is 1.46. The molecule has 2 aliphatic rings. The van der Waals surface area contributed by atoms with Crippen LogP contribution in [0, 0.1) is 5.41 Å². The molecule has 5 N–H and O–H groups in total. The number of nitrogen functional groups attached to an aromatic ring is 1. The zero-order chi connectivity index (χ0) is 29.0. The molecule has 40 heavy (non-hydrogen) atoms. The molecule has 0 bridgehead atoms. The fourth-order valence-electron chi connectivity index (χ4n) is 4.96. The Morgan fingerprint density at radius 2 is 1.93 bits per heavy atom. The lowest BCUT2D eigenvalue weighted by atomic mass is 10.0. The smallest absolute Gasteiger partial charge is 0.299 e. The molecular formula is C29H31F2N5O3S. The van der Waals surface area contributed by atoms with Crippen LogP contribution in [-0.4, -0.2) is 55.0 Å². The number of benzene rings is 2. The molecule has 11 heteroatoms. The number of rotatable bonds is 7. The van der Waals surface area contributed by atoms with Crippen molar-refractivity contribution in [2.75, 3.05) is 20.1 Å². The Labute approximate surface area is 235 Å². The number of thiophene rings is 1. The van der Waals surface area contributed by atoms with Crippen LogP contribution in [0.4, 0.5) is 8.78 Å². The molecule has 1 aliphatic heterocycles. The Morgan fingerprint density at radius 3 is 2.60 bits per heavy atom. The lowest BCUT2D eigenvalue weighted by molar-refractivity contribution is -0.138. The Hall–Kier alpha value is -3.96. The average molecular weight is 568 g/mol. The predicted octanol–water partition coefficient (Wildman–Crippen LogP) is 4.04. The van der Waals surface area contributed by atoms with Crippen molar-refractivity contribution in [1.29, 1.82) is 5.41 Å². The monoisotopic (exact) mass is 567 g/mol. The zero-order valence-electron chi connectivity index (χ0n) is 22.2. The molecule has 5 rings (SSSR count). The quantitative estimate of drug-likeness (QED) is 0.195.